The van der Waals surface area contributed by atoms with Crippen molar-refractivity contribution in [2.45, 2.75) is 33.9 Å². The van der Waals surface area contributed by atoms with E-state index in [2.05, 4.69) is 31.2 Å². The number of nitrogens with zero attached hydrogens (tertiary/aromatic N) is 2. The number of nitrogens with one attached hydrogen (secondary N) is 4. The summed E-state index contributed by atoms with van der Waals surface area (Å²) in [4.78, 5) is 35.7. The van der Waals surface area contributed by atoms with Crippen molar-refractivity contribution in [2.24, 2.45) is 10.3 Å². The van der Waals surface area contributed by atoms with Crippen LogP contribution in [0, 0.1) is 6.92 Å². The van der Waals surface area contributed by atoms with Crippen LogP contribution in [0.5, 0.6) is 11.8 Å². The van der Waals surface area contributed by atoms with Gasteiger partial charge in [0.1, 0.15) is 0 Å². The quantitative estimate of drug-likeness (QED) is 0.0715. The van der Waals surface area contributed by atoms with Crippen molar-refractivity contribution in [3.05, 3.63) is 91.7 Å². The molecule has 0 fully saturated rings. The lowest BCUT2D eigenvalue weighted by atomic mass is 9.98. The van der Waals surface area contributed by atoms with E-state index in [-0.39, 0.29) is 94.8 Å². The molecule has 2 aromatic carbocycles. The number of aromatic nitrogens is 2. The van der Waals surface area contributed by atoms with E-state index in [0.717, 1.165) is 0 Å². The second kappa shape index (κ2) is 19.8. The first-order valence-electron chi connectivity index (χ1n) is 17.0. The number of nitrogens with two attached hydrogens (primary N) is 2. The summed E-state index contributed by atoms with van der Waals surface area (Å²) in [6.07, 6.45) is 0. The molecular formula is C35H41Cl3N8O8S2. The minimum absolute atomic E-state index is 0.0233. The number of anilines is 2. The molecule has 16 nitrogen and oxygen atoms in total. The Labute approximate surface area is 340 Å². The van der Waals surface area contributed by atoms with Gasteiger partial charge >= 0.3 is 0 Å². The minimum atomic E-state index is -3.65. The number of sulfonamides is 2. The van der Waals surface area contributed by atoms with Crippen LogP contribution in [0.3, 0.4) is 0 Å². The highest BCUT2D eigenvalue weighted by atomic mass is 35.5. The van der Waals surface area contributed by atoms with E-state index < -0.39 is 31.9 Å². The highest BCUT2D eigenvalue weighted by molar-refractivity contribution is 7.89. The van der Waals surface area contributed by atoms with Gasteiger partial charge in [0.25, 0.3) is 11.8 Å². The molecule has 0 bridgehead atoms. The first kappa shape index (κ1) is 44.6. The molecule has 0 aliphatic rings. The maximum atomic E-state index is 13.5. The van der Waals surface area contributed by atoms with Gasteiger partial charge in [0, 0.05) is 48.6 Å². The van der Waals surface area contributed by atoms with Crippen LogP contribution >= 0.6 is 34.8 Å². The Morgan fingerprint density at radius 2 is 1.12 bits per heavy atom. The first-order valence-corrected chi connectivity index (χ1v) is 21.6. The summed E-state index contributed by atoms with van der Waals surface area (Å²) < 4.78 is 56.3. The number of amides is 2. The van der Waals surface area contributed by atoms with E-state index in [4.69, 9.17) is 54.6 Å². The summed E-state index contributed by atoms with van der Waals surface area (Å²) in [6.45, 7) is 6.25. The van der Waals surface area contributed by atoms with Gasteiger partial charge in [0.2, 0.25) is 31.8 Å². The van der Waals surface area contributed by atoms with Crippen LogP contribution in [-0.2, 0) is 33.1 Å². The molecule has 0 unspecified atom stereocenters. The van der Waals surface area contributed by atoms with Crippen LogP contribution < -0.4 is 41.0 Å². The number of carbonyl (C=O) groups is 2. The van der Waals surface area contributed by atoms with Gasteiger partial charge in [-0.1, -0.05) is 59.1 Å². The number of benzene rings is 2. The zero-order valence-corrected chi connectivity index (χ0v) is 34.4. The fourth-order valence-electron chi connectivity index (χ4n) is 5.25. The SMILES string of the molecule is CCOc1nc(C(=O)Nc2cccc(-c3cccc(NC(=O)c4nc(OCC)c(CNCCS(N)(=O)=O)cc4Cl)c3Cl)c2C)c(Cl)cc1CNCCS(N)(=O)=O. The van der Waals surface area contributed by atoms with E-state index >= 15 is 0 Å². The number of carbonyl (C=O) groups excluding carboxylic acids is 2. The van der Waals surface area contributed by atoms with Gasteiger partial charge in [-0.25, -0.2) is 37.1 Å². The van der Waals surface area contributed by atoms with Crippen molar-refractivity contribution >= 4 is 78.0 Å². The molecule has 8 N–H and O–H groups in total. The largest absolute Gasteiger partial charge is 0.478 e. The van der Waals surface area contributed by atoms with Crippen molar-refractivity contribution in [3.8, 4) is 22.9 Å². The van der Waals surface area contributed by atoms with Crippen molar-refractivity contribution in [3.63, 3.8) is 0 Å². The second-order valence-electron chi connectivity index (χ2n) is 12.1. The van der Waals surface area contributed by atoms with Crippen LogP contribution in [0.1, 0.15) is 51.5 Å². The van der Waals surface area contributed by atoms with Gasteiger partial charge in [0.05, 0.1) is 45.5 Å². The summed E-state index contributed by atoms with van der Waals surface area (Å²) in [7, 11) is -7.30. The molecule has 21 heteroatoms. The van der Waals surface area contributed by atoms with Crippen molar-refractivity contribution in [1.29, 1.82) is 0 Å². The Kier molecular flexibility index (Phi) is 15.8. The molecule has 0 radical (unpaired) electrons. The number of hydrogen-bond donors (Lipinski definition) is 6. The van der Waals surface area contributed by atoms with Crippen molar-refractivity contribution < 1.29 is 35.9 Å². The fraction of sp³-hybridized carbons (Fsp3) is 0.314. The molecule has 0 saturated heterocycles. The zero-order chi connectivity index (χ0) is 41.2. The Balaban J connectivity index is 1.54. The Hall–Kier alpha value is -4.11. The minimum Gasteiger partial charge on any atom is -0.478 e. The van der Waals surface area contributed by atoms with Gasteiger partial charge in [-0.05, 0) is 56.2 Å². The lowest BCUT2D eigenvalue weighted by Crippen LogP contribution is -2.27. The first-order chi connectivity index (χ1) is 26.4. The van der Waals surface area contributed by atoms with E-state index in [1.54, 1.807) is 57.2 Å². The van der Waals surface area contributed by atoms with Crippen molar-refractivity contribution in [1.82, 2.24) is 20.6 Å². The summed E-state index contributed by atoms with van der Waals surface area (Å²) in [5.74, 6) is -1.54. The predicted molar refractivity (Wildman–Crippen MR) is 218 cm³/mol. The highest BCUT2D eigenvalue weighted by Crippen LogP contribution is 2.38. The number of primary sulfonamides is 2. The van der Waals surface area contributed by atoms with E-state index in [0.29, 0.717) is 33.5 Å². The maximum absolute atomic E-state index is 13.5. The van der Waals surface area contributed by atoms with Gasteiger partial charge in [0.15, 0.2) is 11.4 Å². The third-order valence-corrected chi connectivity index (χ3v) is 10.4. The number of ether oxygens (including phenoxy) is 2. The molecule has 0 atom stereocenters. The Morgan fingerprint density at radius 3 is 1.57 bits per heavy atom. The number of halogens is 3. The molecule has 2 amide bonds. The number of rotatable bonds is 19. The normalized spacial score (nSPS) is 11.6. The molecular weight excluding hydrogens is 831 g/mol. The molecule has 56 heavy (non-hydrogen) atoms. The molecule has 2 aromatic heterocycles. The lowest BCUT2D eigenvalue weighted by Gasteiger charge is -2.17. The van der Waals surface area contributed by atoms with E-state index in [9.17, 15) is 26.4 Å². The molecule has 0 aliphatic heterocycles. The highest BCUT2D eigenvalue weighted by Gasteiger charge is 2.22. The molecule has 0 aliphatic carbocycles. The number of pyridine rings is 2. The van der Waals surface area contributed by atoms with Crippen molar-refractivity contribution in [2.75, 3.05) is 48.4 Å². The van der Waals surface area contributed by atoms with E-state index in [1.165, 1.54) is 12.1 Å². The standard InChI is InChI=1S/C35H41Cl3N8O8S2/c1-4-53-34-21(18-41-12-14-55(39,49)50)16-25(36)30(45-34)32(47)43-27-10-6-8-23(20(27)3)24-9-7-11-28(29(24)38)44-33(48)31-26(37)17-22(35(46-31)54-5-2)19-42-13-15-56(40,51)52/h6-11,16-17,41-42H,4-5,12-15,18-19H2,1-3H3,(H,43,47)(H,44,48)(H2,39,49,50)(H2,40,51,52). The summed E-state index contributed by atoms with van der Waals surface area (Å²) in [5.41, 5.74) is 3.31. The maximum Gasteiger partial charge on any atom is 0.276 e. The Morgan fingerprint density at radius 1 is 0.696 bits per heavy atom. The molecule has 302 valence electrons. The summed E-state index contributed by atoms with van der Waals surface area (Å²) in [5, 5.41) is 21.9. The summed E-state index contributed by atoms with van der Waals surface area (Å²) >= 11 is 19.9. The fourth-order valence-corrected chi connectivity index (χ4v) is 6.90. The molecule has 0 spiro atoms. The van der Waals surface area contributed by atoms with Crippen LogP contribution in [0.2, 0.25) is 15.1 Å². The third-order valence-electron chi connectivity index (χ3n) is 7.90. The topological polar surface area (TPSA) is 247 Å². The molecule has 0 saturated carbocycles. The monoisotopic (exact) mass is 870 g/mol. The summed E-state index contributed by atoms with van der Waals surface area (Å²) in [6, 6.07) is 13.3. The second-order valence-corrected chi connectivity index (χ2v) is 16.7. The Bertz CT molecular complexity index is 2160. The molecule has 4 aromatic rings. The predicted octanol–water partition coefficient (Wildman–Crippen LogP) is 4.47. The smallest absolute Gasteiger partial charge is 0.276 e. The van der Waals surface area contributed by atoms with E-state index in [1.807, 2.05) is 0 Å². The molecule has 2 heterocycles. The van der Waals surface area contributed by atoms with Crippen LogP contribution in [-0.4, -0.2) is 76.4 Å². The van der Waals surface area contributed by atoms with Crippen LogP contribution in [0.15, 0.2) is 48.5 Å². The average Bonchev–Trinajstić information content (AvgIpc) is 3.11. The van der Waals surface area contributed by atoms with Crippen LogP contribution in [0.4, 0.5) is 11.4 Å². The molecule has 4 rings (SSSR count). The van der Waals surface area contributed by atoms with Gasteiger partial charge < -0.3 is 30.7 Å². The van der Waals surface area contributed by atoms with Gasteiger partial charge in [-0.15, -0.1) is 0 Å². The zero-order valence-electron chi connectivity index (χ0n) is 30.5. The number of hydrogen-bond acceptors (Lipinski definition) is 12. The van der Waals surface area contributed by atoms with Gasteiger partial charge in [-0.2, -0.15) is 0 Å². The van der Waals surface area contributed by atoms with Crippen LogP contribution in [0.25, 0.3) is 11.1 Å². The third kappa shape index (κ3) is 12.4. The average molecular weight is 872 g/mol. The lowest BCUT2D eigenvalue weighted by molar-refractivity contribution is 0.101. The van der Waals surface area contributed by atoms with Gasteiger partial charge in [-0.3, -0.25) is 9.59 Å².